The van der Waals surface area contributed by atoms with E-state index in [9.17, 15) is 4.79 Å². The fourth-order valence-electron chi connectivity index (χ4n) is 4.29. The molecule has 2 aromatic rings. The molecule has 6 nitrogen and oxygen atoms in total. The van der Waals surface area contributed by atoms with E-state index < -0.39 is 0 Å². The Morgan fingerprint density at radius 2 is 1.82 bits per heavy atom. The average Bonchev–Trinajstić information content (AvgIpc) is 3.18. The first-order chi connectivity index (χ1) is 13.6. The zero-order chi connectivity index (χ0) is 19.5. The topological polar surface area (TPSA) is 52.6 Å². The zero-order valence-corrected chi connectivity index (χ0v) is 16.8. The van der Waals surface area contributed by atoms with Crippen molar-refractivity contribution in [3.05, 3.63) is 53.5 Å². The molecule has 2 fully saturated rings. The Labute approximate surface area is 167 Å². The number of carbonyl (C=O) groups excluding carboxylic acids is 1. The second-order valence-electron chi connectivity index (χ2n) is 7.85. The van der Waals surface area contributed by atoms with Crippen molar-refractivity contribution in [3.8, 4) is 0 Å². The van der Waals surface area contributed by atoms with Crippen molar-refractivity contribution in [1.82, 2.24) is 19.8 Å². The Morgan fingerprint density at radius 3 is 2.57 bits per heavy atom. The molecule has 2 aliphatic rings. The van der Waals surface area contributed by atoms with Crippen LogP contribution in [0.15, 0.2) is 36.5 Å². The third-order valence-corrected chi connectivity index (χ3v) is 5.82. The van der Waals surface area contributed by atoms with Gasteiger partial charge in [0.1, 0.15) is 5.82 Å². The van der Waals surface area contributed by atoms with Gasteiger partial charge in [0.2, 0.25) is 5.91 Å². The predicted molar refractivity (Wildman–Crippen MR) is 110 cm³/mol. The van der Waals surface area contributed by atoms with E-state index >= 15 is 0 Å². The molecular formula is C22H29N5O. The van der Waals surface area contributed by atoms with Gasteiger partial charge in [-0.25, -0.2) is 4.98 Å². The molecule has 0 N–H and O–H groups in total. The van der Waals surface area contributed by atoms with Crippen LogP contribution in [0.5, 0.6) is 0 Å². The number of benzene rings is 1. The lowest BCUT2D eigenvalue weighted by Crippen LogP contribution is -2.54. The monoisotopic (exact) mass is 379 g/mol. The van der Waals surface area contributed by atoms with E-state index in [0.717, 1.165) is 69.3 Å². The van der Waals surface area contributed by atoms with Crippen LogP contribution in [0.4, 0.5) is 5.82 Å². The van der Waals surface area contributed by atoms with Gasteiger partial charge in [0.15, 0.2) is 0 Å². The minimum absolute atomic E-state index is 0.0206. The number of hydrogen-bond acceptors (Lipinski definition) is 5. The summed E-state index contributed by atoms with van der Waals surface area (Å²) in [5, 5.41) is 0. The second kappa shape index (κ2) is 8.27. The quantitative estimate of drug-likeness (QED) is 0.817. The van der Waals surface area contributed by atoms with Gasteiger partial charge in [-0.05, 0) is 38.8 Å². The second-order valence-corrected chi connectivity index (χ2v) is 7.85. The van der Waals surface area contributed by atoms with E-state index in [1.54, 1.807) is 6.20 Å². The van der Waals surface area contributed by atoms with Crippen molar-refractivity contribution in [3.63, 3.8) is 0 Å². The van der Waals surface area contributed by atoms with Crippen molar-refractivity contribution in [2.75, 3.05) is 37.6 Å². The molecule has 0 radical (unpaired) electrons. The van der Waals surface area contributed by atoms with Gasteiger partial charge in [0, 0.05) is 38.9 Å². The Hall–Kier alpha value is -2.47. The third-order valence-electron chi connectivity index (χ3n) is 5.82. The van der Waals surface area contributed by atoms with E-state index in [0.29, 0.717) is 5.91 Å². The van der Waals surface area contributed by atoms with Crippen molar-refractivity contribution in [1.29, 1.82) is 0 Å². The summed E-state index contributed by atoms with van der Waals surface area (Å²) in [4.78, 5) is 28.9. The van der Waals surface area contributed by atoms with Crippen LogP contribution in [0.1, 0.15) is 29.8 Å². The lowest BCUT2D eigenvalue weighted by atomic mass is 10.1. The van der Waals surface area contributed by atoms with Crippen LogP contribution in [-0.2, 0) is 11.3 Å². The van der Waals surface area contributed by atoms with Crippen LogP contribution in [0.2, 0.25) is 0 Å². The number of nitrogens with zero attached hydrogens (tertiary/aromatic N) is 5. The van der Waals surface area contributed by atoms with E-state index in [4.69, 9.17) is 0 Å². The number of amides is 1. The average molecular weight is 380 g/mol. The van der Waals surface area contributed by atoms with Crippen LogP contribution in [0, 0.1) is 13.8 Å². The number of aromatic nitrogens is 2. The Balaban J connectivity index is 1.37. The molecule has 1 atom stereocenters. The smallest absolute Gasteiger partial charge is 0.240 e. The first-order valence-corrected chi connectivity index (χ1v) is 10.2. The summed E-state index contributed by atoms with van der Waals surface area (Å²) in [6.07, 6.45) is 3.87. The van der Waals surface area contributed by atoms with Crippen LogP contribution in [0.3, 0.4) is 0 Å². The SMILES string of the molecule is Cc1cnc(C)c(N2CCN(C(=O)[C@@H]3CCCN3Cc3ccccc3)CC2)n1. The highest BCUT2D eigenvalue weighted by Crippen LogP contribution is 2.23. The standard InChI is InChI=1S/C22H29N5O/c1-17-15-23-18(2)21(24-17)25-11-13-26(14-12-25)22(28)20-9-6-10-27(20)16-19-7-4-3-5-8-19/h3-5,7-8,15,20H,6,9-14,16H2,1-2H3/t20-/m0/s1. The molecule has 4 rings (SSSR count). The van der Waals surface area contributed by atoms with Gasteiger partial charge in [0.25, 0.3) is 0 Å². The van der Waals surface area contributed by atoms with Gasteiger partial charge in [0.05, 0.1) is 17.4 Å². The summed E-state index contributed by atoms with van der Waals surface area (Å²) in [5.41, 5.74) is 3.16. The van der Waals surface area contributed by atoms with E-state index in [-0.39, 0.29) is 6.04 Å². The zero-order valence-electron chi connectivity index (χ0n) is 16.8. The fourth-order valence-corrected chi connectivity index (χ4v) is 4.29. The lowest BCUT2D eigenvalue weighted by Gasteiger charge is -2.38. The largest absolute Gasteiger partial charge is 0.352 e. The van der Waals surface area contributed by atoms with Crippen LogP contribution < -0.4 is 4.90 Å². The van der Waals surface area contributed by atoms with Gasteiger partial charge >= 0.3 is 0 Å². The normalized spacial score (nSPS) is 20.6. The summed E-state index contributed by atoms with van der Waals surface area (Å²) in [7, 11) is 0. The molecule has 28 heavy (non-hydrogen) atoms. The molecular weight excluding hydrogens is 350 g/mol. The summed E-state index contributed by atoms with van der Waals surface area (Å²) in [6, 6.07) is 10.5. The van der Waals surface area contributed by atoms with Gasteiger partial charge in [-0.2, -0.15) is 0 Å². The molecule has 0 bridgehead atoms. The van der Waals surface area contributed by atoms with Gasteiger partial charge < -0.3 is 9.80 Å². The maximum absolute atomic E-state index is 13.2. The Bertz CT molecular complexity index is 817. The van der Waals surface area contributed by atoms with Crippen molar-refractivity contribution in [2.45, 2.75) is 39.3 Å². The van der Waals surface area contributed by atoms with Crippen LogP contribution >= 0.6 is 0 Å². The summed E-state index contributed by atoms with van der Waals surface area (Å²) >= 11 is 0. The molecule has 1 aromatic heterocycles. The summed E-state index contributed by atoms with van der Waals surface area (Å²) < 4.78 is 0. The molecule has 2 aliphatic heterocycles. The number of hydrogen-bond donors (Lipinski definition) is 0. The highest BCUT2D eigenvalue weighted by molar-refractivity contribution is 5.82. The van der Waals surface area contributed by atoms with Gasteiger partial charge in [-0.15, -0.1) is 0 Å². The molecule has 1 amide bonds. The maximum atomic E-state index is 13.2. The number of carbonyl (C=O) groups is 1. The highest BCUT2D eigenvalue weighted by atomic mass is 16.2. The van der Waals surface area contributed by atoms with E-state index in [2.05, 4.69) is 44.0 Å². The van der Waals surface area contributed by atoms with E-state index in [1.165, 1.54) is 5.56 Å². The van der Waals surface area contributed by atoms with E-state index in [1.807, 2.05) is 24.8 Å². The molecule has 0 unspecified atom stereocenters. The molecule has 0 aliphatic carbocycles. The molecule has 0 saturated carbocycles. The number of aryl methyl sites for hydroxylation is 2. The minimum atomic E-state index is 0.0206. The molecule has 148 valence electrons. The lowest BCUT2D eigenvalue weighted by molar-refractivity contribution is -0.136. The summed E-state index contributed by atoms with van der Waals surface area (Å²) in [5.74, 6) is 1.25. The number of anilines is 1. The highest BCUT2D eigenvalue weighted by Gasteiger charge is 2.35. The molecule has 1 aromatic carbocycles. The van der Waals surface area contributed by atoms with Gasteiger partial charge in [-0.3, -0.25) is 14.7 Å². The number of rotatable bonds is 4. The first-order valence-electron chi connectivity index (χ1n) is 10.2. The molecule has 3 heterocycles. The maximum Gasteiger partial charge on any atom is 0.240 e. The van der Waals surface area contributed by atoms with Crippen LogP contribution in [-0.4, -0.2) is 64.4 Å². The number of likely N-dealkylation sites (tertiary alicyclic amines) is 1. The molecule has 6 heteroatoms. The third kappa shape index (κ3) is 4.02. The molecule has 2 saturated heterocycles. The number of piperazine rings is 1. The molecule has 0 spiro atoms. The van der Waals surface area contributed by atoms with Crippen molar-refractivity contribution in [2.24, 2.45) is 0 Å². The van der Waals surface area contributed by atoms with Crippen molar-refractivity contribution >= 4 is 11.7 Å². The Kier molecular flexibility index (Phi) is 5.57. The fraction of sp³-hybridized carbons (Fsp3) is 0.500. The Morgan fingerprint density at radius 1 is 1.07 bits per heavy atom. The van der Waals surface area contributed by atoms with Crippen LogP contribution in [0.25, 0.3) is 0 Å². The first kappa shape index (κ1) is 18.9. The predicted octanol–water partition coefficient (Wildman–Crippen LogP) is 2.41. The minimum Gasteiger partial charge on any atom is -0.352 e. The van der Waals surface area contributed by atoms with Crippen molar-refractivity contribution < 1.29 is 4.79 Å². The summed E-state index contributed by atoms with van der Waals surface area (Å²) in [6.45, 7) is 8.97. The van der Waals surface area contributed by atoms with Gasteiger partial charge in [-0.1, -0.05) is 30.3 Å².